The standard InChI is InChI=1S/C29H32ClN3O5S/c1-37-24-9-11-25(12-10-24)39(35,36)33-20-28(38-27-13-8-23(30)17-26(27)33)29(34)31-18-21-6-5-7-22(16-21)19-32-14-3-2-4-15-32/h5-13,16-17,28H,2-4,14-15,18-20H2,1H3,(H,31,34)/t28-/m0/s1. The van der Waals surface area contributed by atoms with E-state index in [2.05, 4.69) is 22.3 Å². The number of fused-ring (bicyclic) bond motifs is 1. The molecule has 2 aliphatic heterocycles. The molecule has 3 aromatic carbocycles. The number of methoxy groups -OCH3 is 1. The molecule has 1 amide bonds. The van der Waals surface area contributed by atoms with Gasteiger partial charge in [0.2, 0.25) is 0 Å². The lowest BCUT2D eigenvalue weighted by Crippen LogP contribution is -2.50. The second-order valence-electron chi connectivity index (χ2n) is 9.80. The van der Waals surface area contributed by atoms with Crippen molar-refractivity contribution in [2.75, 3.05) is 31.0 Å². The van der Waals surface area contributed by atoms with Crippen LogP contribution < -0.4 is 19.1 Å². The zero-order valence-electron chi connectivity index (χ0n) is 21.8. The topological polar surface area (TPSA) is 88.2 Å². The van der Waals surface area contributed by atoms with Gasteiger partial charge in [-0.05, 0) is 79.5 Å². The van der Waals surface area contributed by atoms with Crippen LogP contribution in [0.4, 0.5) is 5.69 Å². The van der Waals surface area contributed by atoms with Crippen LogP contribution >= 0.6 is 11.6 Å². The predicted molar refractivity (Wildman–Crippen MR) is 151 cm³/mol. The van der Waals surface area contributed by atoms with Gasteiger partial charge in [0.1, 0.15) is 11.5 Å². The van der Waals surface area contributed by atoms with Crippen LogP contribution in [0.15, 0.2) is 71.6 Å². The predicted octanol–water partition coefficient (Wildman–Crippen LogP) is 4.61. The minimum absolute atomic E-state index is 0.0702. The number of likely N-dealkylation sites (tertiary alicyclic amines) is 1. The molecule has 0 spiro atoms. The van der Waals surface area contributed by atoms with Gasteiger partial charge in [0, 0.05) is 18.1 Å². The van der Waals surface area contributed by atoms with Crippen molar-refractivity contribution in [2.24, 2.45) is 0 Å². The molecule has 5 rings (SSSR count). The fraction of sp³-hybridized carbons (Fsp3) is 0.345. The van der Waals surface area contributed by atoms with E-state index < -0.39 is 22.0 Å². The molecule has 39 heavy (non-hydrogen) atoms. The van der Waals surface area contributed by atoms with Crippen molar-refractivity contribution >= 4 is 33.2 Å². The van der Waals surface area contributed by atoms with E-state index in [-0.39, 0.29) is 22.9 Å². The van der Waals surface area contributed by atoms with E-state index in [9.17, 15) is 13.2 Å². The number of ether oxygens (including phenoxy) is 2. The Morgan fingerprint density at radius 2 is 1.77 bits per heavy atom. The number of nitrogens with one attached hydrogen (secondary N) is 1. The summed E-state index contributed by atoms with van der Waals surface area (Å²) < 4.78 is 39.6. The van der Waals surface area contributed by atoms with Gasteiger partial charge in [0.05, 0.1) is 24.2 Å². The van der Waals surface area contributed by atoms with Gasteiger partial charge in [-0.25, -0.2) is 8.42 Å². The summed E-state index contributed by atoms with van der Waals surface area (Å²) in [6.45, 7) is 3.24. The molecule has 0 bridgehead atoms. The Hall–Kier alpha value is -3.27. The van der Waals surface area contributed by atoms with Gasteiger partial charge in [-0.15, -0.1) is 0 Å². The third-order valence-corrected chi connectivity index (χ3v) is 9.07. The van der Waals surface area contributed by atoms with Crippen molar-refractivity contribution in [3.8, 4) is 11.5 Å². The first-order valence-corrected chi connectivity index (χ1v) is 14.9. The van der Waals surface area contributed by atoms with Crippen molar-refractivity contribution in [1.82, 2.24) is 10.2 Å². The van der Waals surface area contributed by atoms with Crippen LogP contribution in [0.3, 0.4) is 0 Å². The Morgan fingerprint density at radius 3 is 2.51 bits per heavy atom. The first-order chi connectivity index (χ1) is 18.8. The molecule has 0 unspecified atom stereocenters. The number of amides is 1. The Balaban J connectivity index is 1.31. The molecule has 0 aliphatic carbocycles. The second kappa shape index (κ2) is 11.9. The van der Waals surface area contributed by atoms with Crippen LogP contribution in [0.2, 0.25) is 5.02 Å². The van der Waals surface area contributed by atoms with E-state index in [1.165, 1.54) is 54.4 Å². The van der Waals surface area contributed by atoms with E-state index in [4.69, 9.17) is 21.1 Å². The van der Waals surface area contributed by atoms with Crippen molar-refractivity contribution in [1.29, 1.82) is 0 Å². The lowest BCUT2D eigenvalue weighted by Gasteiger charge is -2.35. The second-order valence-corrected chi connectivity index (χ2v) is 12.1. The van der Waals surface area contributed by atoms with E-state index in [0.29, 0.717) is 17.3 Å². The molecule has 1 fully saturated rings. The summed E-state index contributed by atoms with van der Waals surface area (Å²) >= 11 is 6.19. The summed E-state index contributed by atoms with van der Waals surface area (Å²) in [7, 11) is -2.50. The lowest BCUT2D eigenvalue weighted by atomic mass is 10.1. The number of anilines is 1. The average molecular weight is 570 g/mol. The summed E-state index contributed by atoms with van der Waals surface area (Å²) in [6.07, 6.45) is 2.72. The molecular formula is C29H32ClN3O5S. The van der Waals surface area contributed by atoms with Crippen molar-refractivity contribution in [3.63, 3.8) is 0 Å². The monoisotopic (exact) mass is 569 g/mol. The summed E-state index contributed by atoms with van der Waals surface area (Å²) in [5.41, 5.74) is 2.47. The molecule has 1 atom stereocenters. The van der Waals surface area contributed by atoms with Crippen LogP contribution in [0, 0.1) is 0 Å². The van der Waals surface area contributed by atoms with E-state index in [0.717, 1.165) is 25.2 Å². The maximum absolute atomic E-state index is 13.7. The summed E-state index contributed by atoms with van der Waals surface area (Å²) in [4.78, 5) is 15.8. The summed E-state index contributed by atoms with van der Waals surface area (Å²) in [6, 6.07) is 19.0. The maximum atomic E-state index is 13.7. The van der Waals surface area contributed by atoms with E-state index in [1.54, 1.807) is 24.3 Å². The number of carbonyl (C=O) groups excluding carboxylic acids is 1. The molecule has 10 heteroatoms. The number of halogens is 1. The zero-order chi connectivity index (χ0) is 27.4. The maximum Gasteiger partial charge on any atom is 0.264 e. The van der Waals surface area contributed by atoms with Gasteiger partial charge < -0.3 is 14.8 Å². The first kappa shape index (κ1) is 27.3. The summed E-state index contributed by atoms with van der Waals surface area (Å²) in [5.74, 6) is 0.412. The number of carbonyl (C=O) groups is 1. The van der Waals surface area contributed by atoms with Crippen LogP contribution in [0.25, 0.3) is 0 Å². The molecule has 2 aliphatic rings. The van der Waals surface area contributed by atoms with Gasteiger partial charge >= 0.3 is 0 Å². The zero-order valence-corrected chi connectivity index (χ0v) is 23.4. The highest BCUT2D eigenvalue weighted by molar-refractivity contribution is 7.92. The van der Waals surface area contributed by atoms with Crippen LogP contribution in [0.1, 0.15) is 30.4 Å². The Bertz CT molecular complexity index is 1430. The molecule has 0 saturated carbocycles. The third kappa shape index (κ3) is 6.32. The normalized spacial score (nSPS) is 17.7. The molecular weight excluding hydrogens is 538 g/mol. The quantitative estimate of drug-likeness (QED) is 0.426. The summed E-state index contributed by atoms with van der Waals surface area (Å²) in [5, 5.41) is 3.29. The van der Waals surface area contributed by atoms with Gasteiger partial charge in [0.15, 0.2) is 6.10 Å². The number of rotatable bonds is 8. The molecule has 0 radical (unpaired) electrons. The number of piperidine rings is 1. The van der Waals surface area contributed by atoms with Crippen molar-refractivity contribution in [2.45, 2.75) is 43.4 Å². The smallest absolute Gasteiger partial charge is 0.264 e. The lowest BCUT2D eigenvalue weighted by molar-refractivity contribution is -0.127. The Labute approximate surface area is 234 Å². The van der Waals surface area contributed by atoms with Crippen LogP contribution in [0.5, 0.6) is 11.5 Å². The van der Waals surface area contributed by atoms with E-state index >= 15 is 0 Å². The average Bonchev–Trinajstić information content (AvgIpc) is 2.96. The molecule has 1 N–H and O–H groups in total. The number of hydrogen-bond donors (Lipinski definition) is 1. The highest BCUT2D eigenvalue weighted by Gasteiger charge is 2.37. The third-order valence-electron chi connectivity index (χ3n) is 7.04. The van der Waals surface area contributed by atoms with Crippen molar-refractivity contribution in [3.05, 3.63) is 82.9 Å². The highest BCUT2D eigenvalue weighted by atomic mass is 35.5. The number of nitrogens with zero attached hydrogens (tertiary/aromatic N) is 2. The number of benzene rings is 3. The Morgan fingerprint density at radius 1 is 1.03 bits per heavy atom. The van der Waals surface area contributed by atoms with Gasteiger partial charge in [-0.3, -0.25) is 14.0 Å². The van der Waals surface area contributed by atoms with Crippen LogP contribution in [-0.2, 0) is 27.9 Å². The molecule has 8 nitrogen and oxygen atoms in total. The minimum atomic E-state index is -4.02. The fourth-order valence-electron chi connectivity index (χ4n) is 4.98. The Kier molecular flexibility index (Phi) is 8.30. The molecule has 206 valence electrons. The minimum Gasteiger partial charge on any atom is -0.497 e. The molecule has 3 aromatic rings. The van der Waals surface area contributed by atoms with Gasteiger partial charge in [0.25, 0.3) is 15.9 Å². The molecule has 0 aromatic heterocycles. The van der Waals surface area contributed by atoms with E-state index in [1.807, 2.05) is 12.1 Å². The van der Waals surface area contributed by atoms with Gasteiger partial charge in [-0.2, -0.15) is 0 Å². The SMILES string of the molecule is COc1ccc(S(=O)(=O)N2C[C@@H](C(=O)NCc3cccc(CN4CCCCC4)c3)Oc3ccc(Cl)cc32)cc1. The van der Waals surface area contributed by atoms with Gasteiger partial charge in [-0.1, -0.05) is 42.3 Å². The highest BCUT2D eigenvalue weighted by Crippen LogP contribution is 2.39. The largest absolute Gasteiger partial charge is 0.497 e. The molecule has 1 saturated heterocycles. The first-order valence-electron chi connectivity index (χ1n) is 13.0. The number of sulfonamides is 1. The number of hydrogen-bond acceptors (Lipinski definition) is 6. The fourth-order valence-corrected chi connectivity index (χ4v) is 6.61. The van der Waals surface area contributed by atoms with Crippen molar-refractivity contribution < 1.29 is 22.7 Å². The van der Waals surface area contributed by atoms with Crippen LogP contribution in [-0.4, -0.2) is 52.1 Å². The molecule has 2 heterocycles.